The van der Waals surface area contributed by atoms with E-state index >= 15 is 0 Å². The van der Waals surface area contributed by atoms with E-state index < -0.39 is 7.82 Å². The molecule has 0 fully saturated rings. The molecule has 35 heavy (non-hydrogen) atoms. The molecular weight excluding hydrogens is 465 g/mol. The summed E-state index contributed by atoms with van der Waals surface area (Å²) < 4.78 is 33.8. The number of nitrogens with zero attached hydrogens (tertiary/aromatic N) is 1. The predicted molar refractivity (Wildman–Crippen MR) is 146 cm³/mol. The first-order chi connectivity index (χ1) is 16.7. The quantitative estimate of drug-likeness (QED) is 0.0701. The van der Waals surface area contributed by atoms with Crippen molar-refractivity contribution in [1.82, 2.24) is 0 Å². The van der Waals surface area contributed by atoms with Crippen molar-refractivity contribution in [3.8, 4) is 0 Å². The maximum atomic E-state index is 12.0. The van der Waals surface area contributed by atoms with Gasteiger partial charge in [-0.25, -0.2) is 4.57 Å². The molecule has 0 aliphatic heterocycles. The van der Waals surface area contributed by atoms with Crippen LogP contribution in [0.4, 0.5) is 0 Å². The minimum Gasteiger partial charge on any atom is -0.382 e. The van der Waals surface area contributed by atoms with Gasteiger partial charge in [0.05, 0.1) is 34.4 Å². The molecule has 0 heterocycles. The molecule has 0 amide bonds. The molecule has 0 rings (SSSR count). The second kappa shape index (κ2) is 23.1. The highest BCUT2D eigenvalue weighted by Crippen LogP contribution is 2.43. The molecule has 7 nitrogen and oxygen atoms in total. The highest BCUT2D eigenvalue weighted by molar-refractivity contribution is 7.47. The van der Waals surface area contributed by atoms with Crippen LogP contribution in [0.25, 0.3) is 0 Å². The van der Waals surface area contributed by atoms with Gasteiger partial charge in [0.25, 0.3) is 0 Å². The number of hydrogen-bond donors (Lipinski definition) is 1. The van der Waals surface area contributed by atoms with Gasteiger partial charge in [-0.1, -0.05) is 103 Å². The van der Waals surface area contributed by atoms with Crippen molar-refractivity contribution in [3.05, 3.63) is 0 Å². The predicted octanol–water partition coefficient (Wildman–Crippen LogP) is 7.12. The highest BCUT2D eigenvalue weighted by atomic mass is 31.2. The number of unbranched alkanes of at least 4 members (excludes halogenated alkanes) is 15. The number of methoxy groups -OCH3 is 1. The fraction of sp³-hybridized carbons (Fsp3) is 1.00. The zero-order chi connectivity index (χ0) is 26.3. The van der Waals surface area contributed by atoms with Gasteiger partial charge >= 0.3 is 7.82 Å². The molecule has 0 saturated carbocycles. The summed E-state index contributed by atoms with van der Waals surface area (Å²) in [6.45, 7) is 3.95. The van der Waals surface area contributed by atoms with Crippen molar-refractivity contribution in [1.29, 1.82) is 0 Å². The lowest BCUT2D eigenvalue weighted by atomic mass is 10.0. The van der Waals surface area contributed by atoms with Crippen LogP contribution in [0.3, 0.4) is 0 Å². The summed E-state index contributed by atoms with van der Waals surface area (Å²) in [6, 6.07) is 0. The molecule has 1 unspecified atom stereocenters. The third-order valence-corrected chi connectivity index (χ3v) is 7.13. The zero-order valence-corrected chi connectivity index (χ0v) is 24.7. The summed E-state index contributed by atoms with van der Waals surface area (Å²) in [5.74, 6) is 0. The molecule has 0 radical (unpaired) electrons. The van der Waals surface area contributed by atoms with Crippen molar-refractivity contribution in [3.63, 3.8) is 0 Å². The van der Waals surface area contributed by atoms with Crippen LogP contribution in [0.5, 0.6) is 0 Å². The van der Waals surface area contributed by atoms with Gasteiger partial charge in [0.1, 0.15) is 19.3 Å². The van der Waals surface area contributed by atoms with E-state index in [9.17, 15) is 9.46 Å². The Hall–Kier alpha value is -0.0100. The lowest BCUT2D eigenvalue weighted by Crippen LogP contribution is -2.37. The van der Waals surface area contributed by atoms with Crippen LogP contribution in [-0.2, 0) is 23.1 Å². The summed E-state index contributed by atoms with van der Waals surface area (Å²) in [7, 11) is 3.49. The first kappa shape index (κ1) is 35.0. The number of phosphoric ester groups is 1. The van der Waals surface area contributed by atoms with Crippen LogP contribution >= 0.6 is 7.82 Å². The van der Waals surface area contributed by atoms with Crippen LogP contribution < -0.4 is 0 Å². The summed E-state index contributed by atoms with van der Waals surface area (Å²) in [6.07, 6.45) is 21.0. The number of phosphoric acid groups is 1. The van der Waals surface area contributed by atoms with Crippen LogP contribution in [0.2, 0.25) is 0 Å². The average molecular weight is 525 g/mol. The van der Waals surface area contributed by atoms with Gasteiger partial charge in [-0.3, -0.25) is 9.05 Å². The van der Waals surface area contributed by atoms with E-state index in [-0.39, 0.29) is 19.3 Å². The van der Waals surface area contributed by atoms with Crippen LogP contribution in [0.1, 0.15) is 110 Å². The van der Waals surface area contributed by atoms with Crippen LogP contribution in [0.15, 0.2) is 0 Å². The second-order valence-corrected chi connectivity index (χ2v) is 12.3. The second-order valence-electron chi connectivity index (χ2n) is 10.9. The molecule has 0 aliphatic rings. The molecular formula is C27H59NO6P+. The molecule has 0 aromatic carbocycles. The van der Waals surface area contributed by atoms with Crippen molar-refractivity contribution in [2.45, 2.75) is 116 Å². The largest absolute Gasteiger partial charge is 0.472 e. The van der Waals surface area contributed by atoms with Gasteiger partial charge in [-0.15, -0.1) is 0 Å². The SMILES string of the molecule is CCCCCCCCCCCCCCCCCCO[C@@H](COC)COP(=O)(O)OCC[N+](C)(C)C. The Morgan fingerprint density at radius 2 is 1.14 bits per heavy atom. The van der Waals surface area contributed by atoms with Gasteiger partial charge < -0.3 is 18.9 Å². The van der Waals surface area contributed by atoms with Crippen molar-refractivity contribution in [2.75, 3.05) is 61.2 Å². The number of hydrogen-bond acceptors (Lipinski definition) is 5. The Bertz CT molecular complexity index is 501. The molecule has 2 atom stereocenters. The lowest BCUT2D eigenvalue weighted by molar-refractivity contribution is -0.870. The molecule has 212 valence electrons. The summed E-state index contributed by atoms with van der Waals surface area (Å²) in [5.41, 5.74) is 0. The Labute approximate surface area is 217 Å². The van der Waals surface area contributed by atoms with Crippen molar-refractivity contribution >= 4 is 7.82 Å². The zero-order valence-electron chi connectivity index (χ0n) is 23.8. The molecule has 0 saturated heterocycles. The molecule has 0 aromatic rings. The monoisotopic (exact) mass is 524 g/mol. The molecule has 1 N–H and O–H groups in total. The van der Waals surface area contributed by atoms with E-state index in [1.54, 1.807) is 7.11 Å². The van der Waals surface area contributed by atoms with Crippen molar-refractivity contribution in [2.24, 2.45) is 0 Å². The number of rotatable bonds is 27. The van der Waals surface area contributed by atoms with E-state index in [4.69, 9.17) is 18.5 Å². The summed E-state index contributed by atoms with van der Waals surface area (Å²) in [5, 5.41) is 0. The maximum Gasteiger partial charge on any atom is 0.472 e. The van der Waals surface area contributed by atoms with Crippen LogP contribution in [0, 0.1) is 0 Å². The maximum absolute atomic E-state index is 12.0. The smallest absolute Gasteiger partial charge is 0.382 e. The Balaban J connectivity index is 3.62. The van der Waals surface area contributed by atoms with Crippen LogP contribution in [-0.4, -0.2) is 76.7 Å². The fourth-order valence-electron chi connectivity index (χ4n) is 3.88. The first-order valence-electron chi connectivity index (χ1n) is 14.2. The third-order valence-electron chi connectivity index (χ3n) is 6.14. The fourth-order valence-corrected chi connectivity index (χ4v) is 4.62. The number of quaternary nitrogens is 1. The van der Waals surface area contributed by atoms with E-state index in [1.165, 1.54) is 89.9 Å². The van der Waals surface area contributed by atoms with E-state index in [0.29, 0.717) is 24.2 Å². The highest BCUT2D eigenvalue weighted by Gasteiger charge is 2.24. The van der Waals surface area contributed by atoms with E-state index in [0.717, 1.165) is 12.8 Å². The van der Waals surface area contributed by atoms with Gasteiger partial charge in [-0.05, 0) is 6.42 Å². The topological polar surface area (TPSA) is 74.2 Å². The molecule has 0 spiro atoms. The first-order valence-corrected chi connectivity index (χ1v) is 15.7. The minimum atomic E-state index is -4.08. The Morgan fingerprint density at radius 1 is 0.686 bits per heavy atom. The van der Waals surface area contributed by atoms with Crippen molar-refractivity contribution < 1.29 is 32.5 Å². The standard InChI is InChI=1S/C27H58NO6P/c1-6-7-8-9-10-11-12-13-14-15-16-17-18-19-20-21-23-32-27(25-31-5)26-34-35(29,30)33-24-22-28(2,3)4/h27H,6-26H2,1-5H3/p+1/t27-/m0/s1. The van der Waals surface area contributed by atoms with E-state index in [2.05, 4.69) is 6.92 Å². The van der Waals surface area contributed by atoms with Gasteiger partial charge in [0.15, 0.2) is 0 Å². The minimum absolute atomic E-state index is 0.0230. The number of ether oxygens (including phenoxy) is 2. The van der Waals surface area contributed by atoms with Gasteiger partial charge in [0, 0.05) is 13.7 Å². The average Bonchev–Trinajstić information content (AvgIpc) is 2.78. The summed E-state index contributed by atoms with van der Waals surface area (Å²) >= 11 is 0. The molecule has 0 aliphatic carbocycles. The summed E-state index contributed by atoms with van der Waals surface area (Å²) in [4.78, 5) is 9.86. The lowest BCUT2D eigenvalue weighted by Gasteiger charge is -2.24. The molecule has 8 heteroatoms. The molecule has 0 aromatic heterocycles. The normalized spacial score (nSPS) is 14.8. The third kappa shape index (κ3) is 26.9. The molecule has 0 bridgehead atoms. The Kier molecular flexibility index (Phi) is 23.1. The van der Waals surface area contributed by atoms with E-state index in [1.807, 2.05) is 21.1 Å². The van der Waals surface area contributed by atoms with Gasteiger partial charge in [-0.2, -0.15) is 0 Å². The number of likely N-dealkylation sites (N-methyl/N-ethyl adjacent to an activating group) is 1. The Morgan fingerprint density at radius 3 is 1.57 bits per heavy atom. The van der Waals surface area contributed by atoms with Gasteiger partial charge in [0.2, 0.25) is 0 Å².